The van der Waals surface area contributed by atoms with Crippen molar-refractivity contribution in [3.05, 3.63) is 64.9 Å². The number of nitrogens with one attached hydrogen (secondary N) is 2. The lowest BCUT2D eigenvalue weighted by Crippen LogP contribution is -2.16. The maximum atomic E-state index is 13.2. The minimum atomic E-state index is -5.07. The number of carbonyl (C=O) groups excluding carboxylic acids is 1. The van der Waals surface area contributed by atoms with Gasteiger partial charge >= 0.3 is 12.4 Å². The van der Waals surface area contributed by atoms with Crippen molar-refractivity contribution in [1.82, 2.24) is 4.98 Å². The summed E-state index contributed by atoms with van der Waals surface area (Å²) in [5.41, 5.74) is -4.24. The number of fused-ring (bicyclic) bond motifs is 1. The summed E-state index contributed by atoms with van der Waals surface area (Å²) in [6.07, 6.45) is -10.1. The molecule has 2 aromatic carbocycles. The third kappa shape index (κ3) is 3.92. The predicted molar refractivity (Wildman–Crippen MR) is 82.6 cm³/mol. The van der Waals surface area contributed by atoms with Gasteiger partial charge in [0.1, 0.15) is 5.69 Å². The number of hydrogen-bond acceptors (Lipinski definition) is 1. The van der Waals surface area contributed by atoms with Gasteiger partial charge in [0.05, 0.1) is 11.1 Å². The summed E-state index contributed by atoms with van der Waals surface area (Å²) < 4.78 is 104. The maximum Gasteiger partial charge on any atom is 0.416 e. The molecule has 0 fully saturated rings. The van der Waals surface area contributed by atoms with Crippen LogP contribution in [0.2, 0.25) is 0 Å². The van der Waals surface area contributed by atoms with E-state index < -0.39 is 46.7 Å². The Morgan fingerprint density at radius 3 is 1.86 bits per heavy atom. The number of aromatic nitrogens is 1. The van der Waals surface area contributed by atoms with Crippen LogP contribution in [0.3, 0.4) is 0 Å². The summed E-state index contributed by atoms with van der Waals surface area (Å²) in [7, 11) is 0. The number of anilines is 1. The van der Waals surface area contributed by atoms with Gasteiger partial charge in [-0.15, -0.1) is 0 Å². The van der Waals surface area contributed by atoms with Crippen LogP contribution in [0.1, 0.15) is 21.6 Å². The quantitative estimate of drug-likeness (QED) is 0.523. The highest BCUT2D eigenvalue weighted by molar-refractivity contribution is 6.06. The average Bonchev–Trinajstić information content (AvgIpc) is 2.96. The van der Waals surface area contributed by atoms with E-state index in [0.29, 0.717) is 12.1 Å². The van der Waals surface area contributed by atoms with Crippen LogP contribution in [0, 0.1) is 11.6 Å². The SMILES string of the molecule is O=C(Nc1cc(C(F)(F)F)cc(C(F)(F)F)c1)c1cc2cc(F)c(F)cc2[nH]1. The second kappa shape index (κ2) is 6.50. The van der Waals surface area contributed by atoms with E-state index in [9.17, 15) is 39.9 Å². The molecule has 0 atom stereocenters. The molecule has 148 valence electrons. The highest BCUT2D eigenvalue weighted by Crippen LogP contribution is 2.37. The van der Waals surface area contributed by atoms with E-state index in [4.69, 9.17) is 0 Å². The summed E-state index contributed by atoms with van der Waals surface area (Å²) in [6, 6.07) is 3.22. The topological polar surface area (TPSA) is 44.9 Å². The molecule has 1 aromatic heterocycles. The Kier molecular flexibility index (Phi) is 4.56. The van der Waals surface area contributed by atoms with Gasteiger partial charge in [-0.1, -0.05) is 0 Å². The standard InChI is InChI=1S/C17H8F8N2O/c18-11-1-7-2-14(27-13(7)6-12(11)19)15(28)26-10-4-8(16(20,21)22)3-9(5-10)17(23,24)25/h1-6,27H,(H,26,28). The van der Waals surface area contributed by atoms with Crippen LogP contribution < -0.4 is 5.32 Å². The Bertz CT molecular complexity index is 994. The van der Waals surface area contributed by atoms with Crippen LogP contribution >= 0.6 is 0 Å². The molecule has 0 bridgehead atoms. The first-order valence-corrected chi connectivity index (χ1v) is 7.43. The zero-order chi connectivity index (χ0) is 20.9. The molecule has 0 saturated heterocycles. The lowest BCUT2D eigenvalue weighted by molar-refractivity contribution is -0.143. The van der Waals surface area contributed by atoms with E-state index >= 15 is 0 Å². The van der Waals surface area contributed by atoms with E-state index in [1.54, 1.807) is 0 Å². The molecule has 0 saturated carbocycles. The van der Waals surface area contributed by atoms with Gasteiger partial charge in [-0.25, -0.2) is 8.78 Å². The van der Waals surface area contributed by atoms with E-state index in [2.05, 4.69) is 4.98 Å². The van der Waals surface area contributed by atoms with E-state index in [0.717, 1.165) is 18.2 Å². The molecule has 3 nitrogen and oxygen atoms in total. The Morgan fingerprint density at radius 2 is 1.32 bits per heavy atom. The first kappa shape index (κ1) is 19.6. The molecule has 11 heteroatoms. The number of halogens is 8. The van der Waals surface area contributed by atoms with Crippen molar-refractivity contribution in [2.24, 2.45) is 0 Å². The number of H-pyrrole nitrogens is 1. The summed E-state index contributed by atoms with van der Waals surface area (Å²) in [4.78, 5) is 14.6. The summed E-state index contributed by atoms with van der Waals surface area (Å²) in [5, 5.41) is 2.00. The van der Waals surface area contributed by atoms with Crippen LogP contribution in [0.4, 0.5) is 40.8 Å². The van der Waals surface area contributed by atoms with Gasteiger partial charge in [0.25, 0.3) is 5.91 Å². The molecule has 3 aromatic rings. The van der Waals surface area contributed by atoms with Crippen LogP contribution in [-0.2, 0) is 12.4 Å². The third-order valence-corrected chi connectivity index (χ3v) is 3.75. The first-order chi connectivity index (χ1) is 12.8. The lowest BCUT2D eigenvalue weighted by Gasteiger charge is -2.14. The van der Waals surface area contributed by atoms with Crippen molar-refractivity contribution in [3.8, 4) is 0 Å². The van der Waals surface area contributed by atoms with Gasteiger partial charge in [-0.05, 0) is 30.3 Å². The molecule has 28 heavy (non-hydrogen) atoms. The molecule has 1 heterocycles. The fourth-order valence-electron chi connectivity index (χ4n) is 2.47. The van der Waals surface area contributed by atoms with Crippen molar-refractivity contribution in [2.45, 2.75) is 12.4 Å². The van der Waals surface area contributed by atoms with Gasteiger partial charge in [-0.2, -0.15) is 26.3 Å². The fraction of sp³-hybridized carbons (Fsp3) is 0.118. The second-order valence-electron chi connectivity index (χ2n) is 5.79. The van der Waals surface area contributed by atoms with E-state index in [-0.39, 0.29) is 22.7 Å². The predicted octanol–water partition coefficient (Wildman–Crippen LogP) is 5.74. The van der Waals surface area contributed by atoms with Crippen molar-refractivity contribution < 1.29 is 39.9 Å². The minimum Gasteiger partial charge on any atom is -0.350 e. The molecule has 0 aliphatic heterocycles. The van der Waals surface area contributed by atoms with Crippen molar-refractivity contribution >= 4 is 22.5 Å². The van der Waals surface area contributed by atoms with E-state index in [1.807, 2.05) is 5.32 Å². The number of amides is 1. The number of rotatable bonds is 2. The highest BCUT2D eigenvalue weighted by atomic mass is 19.4. The van der Waals surface area contributed by atoms with Crippen LogP contribution in [-0.4, -0.2) is 10.9 Å². The molecule has 0 radical (unpaired) electrons. The fourth-order valence-corrected chi connectivity index (χ4v) is 2.47. The van der Waals surface area contributed by atoms with Gasteiger partial charge < -0.3 is 10.3 Å². The summed E-state index contributed by atoms with van der Waals surface area (Å²) in [5.74, 6) is -3.48. The van der Waals surface area contributed by atoms with Gasteiger partial charge in [-0.3, -0.25) is 4.79 Å². The largest absolute Gasteiger partial charge is 0.416 e. The van der Waals surface area contributed by atoms with Crippen molar-refractivity contribution in [1.29, 1.82) is 0 Å². The number of carbonyl (C=O) groups is 1. The molecule has 0 aliphatic rings. The Balaban J connectivity index is 1.97. The Morgan fingerprint density at radius 1 is 0.786 bits per heavy atom. The average molecular weight is 408 g/mol. The molecule has 2 N–H and O–H groups in total. The molecule has 3 rings (SSSR count). The molecular weight excluding hydrogens is 400 g/mol. The highest BCUT2D eigenvalue weighted by Gasteiger charge is 2.37. The second-order valence-corrected chi connectivity index (χ2v) is 5.79. The third-order valence-electron chi connectivity index (χ3n) is 3.75. The van der Waals surface area contributed by atoms with Crippen LogP contribution in [0.5, 0.6) is 0 Å². The molecule has 0 spiro atoms. The minimum absolute atomic E-state index is 0.0177. The smallest absolute Gasteiger partial charge is 0.350 e. The number of hydrogen-bond donors (Lipinski definition) is 2. The monoisotopic (exact) mass is 408 g/mol. The lowest BCUT2D eigenvalue weighted by atomic mass is 10.1. The van der Waals surface area contributed by atoms with Gasteiger partial charge in [0.15, 0.2) is 11.6 Å². The summed E-state index contributed by atoms with van der Waals surface area (Å²) >= 11 is 0. The zero-order valence-electron chi connectivity index (χ0n) is 13.4. The molecule has 1 amide bonds. The Hall–Kier alpha value is -3.11. The zero-order valence-corrected chi connectivity index (χ0v) is 13.4. The van der Waals surface area contributed by atoms with Crippen LogP contribution in [0.25, 0.3) is 10.9 Å². The molecular formula is C17H8F8N2O. The van der Waals surface area contributed by atoms with E-state index in [1.165, 1.54) is 0 Å². The van der Waals surface area contributed by atoms with Crippen molar-refractivity contribution in [2.75, 3.05) is 5.32 Å². The number of aromatic amines is 1. The first-order valence-electron chi connectivity index (χ1n) is 7.43. The Labute approximate surface area is 151 Å². The molecule has 0 unspecified atom stereocenters. The maximum absolute atomic E-state index is 13.2. The normalized spacial score (nSPS) is 12.4. The van der Waals surface area contributed by atoms with Gasteiger partial charge in [0.2, 0.25) is 0 Å². The number of benzene rings is 2. The summed E-state index contributed by atoms with van der Waals surface area (Å²) in [6.45, 7) is 0. The van der Waals surface area contributed by atoms with Crippen molar-refractivity contribution in [3.63, 3.8) is 0 Å². The van der Waals surface area contributed by atoms with Gasteiger partial charge in [0, 0.05) is 22.7 Å². The van der Waals surface area contributed by atoms with Crippen LogP contribution in [0.15, 0.2) is 36.4 Å². The number of alkyl halides is 6. The molecule has 0 aliphatic carbocycles.